The standard InChI is InChI=1S/C16H16N2O/c17-9-13-5-6-16(15-4-2-1-3-14(13)15)18-8-7-12(10-18)11-19/h1-6,12,19H,7-8,10-11H2. The van der Waals surface area contributed by atoms with Gasteiger partial charge in [-0.3, -0.25) is 0 Å². The van der Waals surface area contributed by atoms with Crippen LogP contribution in [-0.4, -0.2) is 24.8 Å². The summed E-state index contributed by atoms with van der Waals surface area (Å²) in [4.78, 5) is 2.31. The molecule has 3 rings (SSSR count). The minimum atomic E-state index is 0.255. The summed E-state index contributed by atoms with van der Waals surface area (Å²) < 4.78 is 0. The number of hydrogen-bond donors (Lipinski definition) is 1. The number of fused-ring (bicyclic) bond motifs is 1. The van der Waals surface area contributed by atoms with E-state index in [0.717, 1.165) is 35.8 Å². The van der Waals surface area contributed by atoms with E-state index in [1.54, 1.807) is 0 Å². The molecule has 3 heteroatoms. The van der Waals surface area contributed by atoms with Crippen LogP contribution in [0.2, 0.25) is 0 Å². The van der Waals surface area contributed by atoms with Crippen LogP contribution in [-0.2, 0) is 0 Å². The van der Waals surface area contributed by atoms with Crippen LogP contribution in [0.3, 0.4) is 0 Å². The number of anilines is 1. The van der Waals surface area contributed by atoms with Crippen molar-refractivity contribution in [3.8, 4) is 6.07 Å². The van der Waals surface area contributed by atoms with Crippen LogP contribution in [0.4, 0.5) is 5.69 Å². The van der Waals surface area contributed by atoms with Gasteiger partial charge in [-0.05, 0) is 18.6 Å². The molecule has 1 heterocycles. The molecule has 96 valence electrons. The number of rotatable bonds is 2. The molecule has 0 spiro atoms. The maximum atomic E-state index is 9.26. The van der Waals surface area contributed by atoms with Crippen molar-refractivity contribution in [3.05, 3.63) is 42.0 Å². The predicted octanol–water partition coefficient (Wildman–Crippen LogP) is 2.53. The summed E-state index contributed by atoms with van der Waals surface area (Å²) in [5.41, 5.74) is 1.89. The molecule has 0 saturated carbocycles. The Morgan fingerprint density at radius 2 is 2.00 bits per heavy atom. The van der Waals surface area contributed by atoms with Gasteiger partial charge in [-0.15, -0.1) is 0 Å². The van der Waals surface area contributed by atoms with Crippen molar-refractivity contribution in [2.45, 2.75) is 6.42 Å². The fourth-order valence-corrected chi connectivity index (χ4v) is 2.86. The first-order valence-electron chi connectivity index (χ1n) is 6.61. The van der Waals surface area contributed by atoms with Gasteiger partial charge >= 0.3 is 0 Å². The van der Waals surface area contributed by atoms with Gasteiger partial charge in [-0.2, -0.15) is 5.26 Å². The zero-order valence-electron chi connectivity index (χ0n) is 10.7. The van der Waals surface area contributed by atoms with Gasteiger partial charge in [-0.1, -0.05) is 24.3 Å². The maximum absolute atomic E-state index is 9.26. The van der Waals surface area contributed by atoms with Crippen molar-refractivity contribution < 1.29 is 5.11 Å². The molecule has 0 amide bonds. The lowest BCUT2D eigenvalue weighted by atomic mass is 10.0. The zero-order chi connectivity index (χ0) is 13.2. The quantitative estimate of drug-likeness (QED) is 0.893. The van der Waals surface area contributed by atoms with Crippen LogP contribution >= 0.6 is 0 Å². The lowest BCUT2D eigenvalue weighted by Crippen LogP contribution is -2.20. The summed E-state index contributed by atoms with van der Waals surface area (Å²) in [6, 6.07) is 14.2. The molecule has 0 bridgehead atoms. The van der Waals surface area contributed by atoms with E-state index in [9.17, 15) is 10.4 Å². The van der Waals surface area contributed by atoms with Crippen molar-refractivity contribution in [3.63, 3.8) is 0 Å². The highest BCUT2D eigenvalue weighted by Crippen LogP contribution is 2.32. The van der Waals surface area contributed by atoms with Gasteiger partial charge < -0.3 is 10.0 Å². The Bertz CT molecular complexity index is 645. The van der Waals surface area contributed by atoms with Crippen molar-refractivity contribution in [2.24, 2.45) is 5.92 Å². The first kappa shape index (κ1) is 12.0. The molecule has 19 heavy (non-hydrogen) atoms. The molecule has 1 saturated heterocycles. The van der Waals surface area contributed by atoms with Crippen molar-refractivity contribution in [1.82, 2.24) is 0 Å². The molecular formula is C16H16N2O. The van der Waals surface area contributed by atoms with Crippen LogP contribution in [0, 0.1) is 17.2 Å². The second-order valence-corrected chi connectivity index (χ2v) is 5.07. The van der Waals surface area contributed by atoms with E-state index in [1.807, 2.05) is 30.3 Å². The minimum absolute atomic E-state index is 0.255. The molecule has 2 aromatic rings. The van der Waals surface area contributed by atoms with E-state index < -0.39 is 0 Å². The van der Waals surface area contributed by atoms with E-state index in [-0.39, 0.29) is 6.61 Å². The third kappa shape index (κ3) is 2.05. The van der Waals surface area contributed by atoms with Gasteiger partial charge in [0.2, 0.25) is 0 Å². The lowest BCUT2D eigenvalue weighted by Gasteiger charge is -2.21. The SMILES string of the molecule is N#Cc1ccc(N2CCC(CO)C2)c2ccccc12. The average Bonchev–Trinajstić information content (AvgIpc) is 2.95. The number of aliphatic hydroxyl groups is 1. The Kier molecular flexibility index (Phi) is 3.10. The Morgan fingerprint density at radius 3 is 2.68 bits per heavy atom. The summed E-state index contributed by atoms with van der Waals surface area (Å²) in [6.45, 7) is 2.12. The van der Waals surface area contributed by atoms with E-state index in [0.29, 0.717) is 5.92 Å². The van der Waals surface area contributed by atoms with Crippen molar-refractivity contribution in [1.29, 1.82) is 5.26 Å². The molecule has 2 aromatic carbocycles. The first-order chi connectivity index (χ1) is 9.33. The normalized spacial score (nSPS) is 18.7. The Balaban J connectivity index is 2.08. The Morgan fingerprint density at radius 1 is 1.21 bits per heavy atom. The van der Waals surface area contributed by atoms with Crippen LogP contribution in [0.5, 0.6) is 0 Å². The van der Waals surface area contributed by atoms with E-state index in [1.165, 1.54) is 5.69 Å². The molecule has 1 unspecified atom stereocenters. The van der Waals surface area contributed by atoms with Crippen LogP contribution in [0.15, 0.2) is 36.4 Å². The van der Waals surface area contributed by atoms with Gasteiger partial charge in [0.25, 0.3) is 0 Å². The monoisotopic (exact) mass is 252 g/mol. The van der Waals surface area contributed by atoms with Crippen molar-refractivity contribution >= 4 is 16.5 Å². The number of aliphatic hydroxyl groups excluding tert-OH is 1. The fourth-order valence-electron chi connectivity index (χ4n) is 2.86. The van der Waals surface area contributed by atoms with Gasteiger partial charge in [0.15, 0.2) is 0 Å². The molecule has 0 aromatic heterocycles. The predicted molar refractivity (Wildman–Crippen MR) is 76.1 cm³/mol. The number of nitrogens with zero attached hydrogens (tertiary/aromatic N) is 2. The summed E-state index contributed by atoms with van der Waals surface area (Å²) in [5.74, 6) is 0.370. The topological polar surface area (TPSA) is 47.3 Å². The molecule has 3 nitrogen and oxygen atoms in total. The molecule has 0 aliphatic carbocycles. The van der Waals surface area contributed by atoms with E-state index in [2.05, 4.69) is 17.0 Å². The molecule has 1 fully saturated rings. The molecular weight excluding hydrogens is 236 g/mol. The first-order valence-corrected chi connectivity index (χ1v) is 6.61. The molecule has 1 aliphatic rings. The lowest BCUT2D eigenvalue weighted by molar-refractivity contribution is 0.238. The summed E-state index contributed by atoms with van der Waals surface area (Å²) in [6.07, 6.45) is 1.03. The third-order valence-corrected chi connectivity index (χ3v) is 3.91. The van der Waals surface area contributed by atoms with E-state index in [4.69, 9.17) is 0 Å². The Labute approximate surface area is 112 Å². The maximum Gasteiger partial charge on any atom is 0.0998 e. The van der Waals surface area contributed by atoms with Gasteiger partial charge in [0, 0.05) is 42.1 Å². The summed E-state index contributed by atoms with van der Waals surface area (Å²) >= 11 is 0. The van der Waals surface area contributed by atoms with Crippen molar-refractivity contribution in [2.75, 3.05) is 24.6 Å². The van der Waals surface area contributed by atoms with Gasteiger partial charge in [-0.25, -0.2) is 0 Å². The fraction of sp³-hybridized carbons (Fsp3) is 0.312. The van der Waals surface area contributed by atoms with Crippen LogP contribution in [0.25, 0.3) is 10.8 Å². The average molecular weight is 252 g/mol. The van der Waals surface area contributed by atoms with E-state index >= 15 is 0 Å². The number of benzene rings is 2. The second-order valence-electron chi connectivity index (χ2n) is 5.07. The van der Waals surface area contributed by atoms with Crippen LogP contribution in [0.1, 0.15) is 12.0 Å². The second kappa shape index (κ2) is 4.91. The van der Waals surface area contributed by atoms with Crippen LogP contribution < -0.4 is 4.90 Å². The van der Waals surface area contributed by atoms with Gasteiger partial charge in [0.1, 0.15) is 0 Å². The summed E-state index contributed by atoms with van der Waals surface area (Å²) in [5, 5.41) is 20.6. The van der Waals surface area contributed by atoms with Gasteiger partial charge in [0.05, 0.1) is 11.6 Å². The summed E-state index contributed by atoms with van der Waals surface area (Å²) in [7, 11) is 0. The molecule has 0 radical (unpaired) electrons. The Hall–Kier alpha value is -2.05. The smallest absolute Gasteiger partial charge is 0.0998 e. The number of hydrogen-bond acceptors (Lipinski definition) is 3. The largest absolute Gasteiger partial charge is 0.396 e. The zero-order valence-corrected chi connectivity index (χ0v) is 10.7. The molecule has 1 atom stereocenters. The highest BCUT2D eigenvalue weighted by atomic mass is 16.3. The molecule has 1 N–H and O–H groups in total. The molecule has 1 aliphatic heterocycles. The third-order valence-electron chi connectivity index (χ3n) is 3.91. The number of nitriles is 1. The highest BCUT2D eigenvalue weighted by molar-refractivity contribution is 5.97. The minimum Gasteiger partial charge on any atom is -0.396 e. The highest BCUT2D eigenvalue weighted by Gasteiger charge is 2.23.